The van der Waals surface area contributed by atoms with Crippen molar-refractivity contribution in [2.24, 2.45) is 10.9 Å². The standard InChI is InChI=1S/C47H58N5O19P3S2/c1-8-15-66-39-22-41(69-40(39)24-67-73(61,62)71-74(63,64)70-72(58,59)60)52-23-30(44(54)51-46(52)57)12-11-16-65-26-75-76-47(6,7)25-50-43(53)29-13-14-31(32(19-29)45(55)56)42-33-17-27(4)35(48-9-2)20-37(33)68-38-21-36(49-10-3)28(5)18-34(38)42/h8,13-14,17-21,23,33,39-42,49H,1,9-10,15-16,22,24-26H2,2-7H3,(H,50,53)(H,55,56)(H,61,62)(H,63,64)(H,51,54,57)(H2,58,59,60)/t33?,39?,40-,41-,42?/m1/s1. The minimum absolute atomic E-state index is 0.00829. The molecule has 2 aromatic carbocycles. The second-order valence-corrected chi connectivity index (χ2v) is 25.1. The third-order valence-electron chi connectivity index (χ3n) is 11.5. The molecule has 76 heavy (non-hydrogen) atoms. The molecule has 3 heterocycles. The molecule has 3 aromatic rings. The third kappa shape index (κ3) is 16.1. The first-order valence-corrected chi connectivity index (χ1v) is 30.1. The number of H-pyrrole nitrogens is 1. The normalized spacial score (nSPS) is 21.3. The number of allylic oxidation sites excluding steroid dienone is 3. The lowest BCUT2D eigenvalue weighted by molar-refractivity contribution is -0.0571. The quantitative estimate of drug-likeness (QED) is 0.0118. The Morgan fingerprint density at radius 3 is 2.50 bits per heavy atom. The number of fused-ring (bicyclic) bond motifs is 2. The van der Waals surface area contributed by atoms with Gasteiger partial charge in [0.2, 0.25) is 0 Å². The Morgan fingerprint density at radius 1 is 1.07 bits per heavy atom. The van der Waals surface area contributed by atoms with Crippen LogP contribution in [0.2, 0.25) is 0 Å². The van der Waals surface area contributed by atoms with Crippen LogP contribution in [0, 0.1) is 24.7 Å². The molecule has 1 fully saturated rings. The summed E-state index contributed by atoms with van der Waals surface area (Å²) in [6.45, 7) is 15.7. The average molecular weight is 1150 g/mol. The predicted octanol–water partition coefficient (Wildman–Crippen LogP) is 6.54. The number of carbonyl (C=O) groups is 2. The lowest BCUT2D eigenvalue weighted by atomic mass is 9.73. The highest BCUT2D eigenvalue weighted by molar-refractivity contribution is 8.77. The van der Waals surface area contributed by atoms with Gasteiger partial charge in [-0.2, -0.15) is 8.62 Å². The van der Waals surface area contributed by atoms with Gasteiger partial charge in [-0.1, -0.05) is 51.6 Å². The molecule has 8 N–H and O–H groups in total. The van der Waals surface area contributed by atoms with E-state index >= 15 is 0 Å². The van der Waals surface area contributed by atoms with E-state index in [0.29, 0.717) is 30.2 Å². The summed E-state index contributed by atoms with van der Waals surface area (Å²) in [6.07, 6.45) is 3.03. The molecule has 0 radical (unpaired) electrons. The van der Waals surface area contributed by atoms with E-state index in [1.807, 2.05) is 59.8 Å². The van der Waals surface area contributed by atoms with E-state index in [9.17, 15) is 47.8 Å². The Morgan fingerprint density at radius 2 is 1.82 bits per heavy atom. The summed E-state index contributed by atoms with van der Waals surface area (Å²) in [5.74, 6) is 4.33. The molecule has 2 aliphatic heterocycles. The largest absolute Gasteiger partial charge is 0.490 e. The maximum atomic E-state index is 13.6. The van der Waals surface area contributed by atoms with Gasteiger partial charge in [0, 0.05) is 77.8 Å². The summed E-state index contributed by atoms with van der Waals surface area (Å²) in [7, 11) is -14.2. The van der Waals surface area contributed by atoms with Crippen molar-refractivity contribution in [1.29, 1.82) is 0 Å². The number of benzene rings is 2. The summed E-state index contributed by atoms with van der Waals surface area (Å²) < 4.78 is 71.3. The first-order chi connectivity index (χ1) is 35.7. The van der Waals surface area contributed by atoms with Crippen LogP contribution < -0.4 is 26.6 Å². The molecule has 6 rings (SSSR count). The number of aryl methyl sites for hydroxylation is 1. The van der Waals surface area contributed by atoms with Crippen LogP contribution in [0.5, 0.6) is 5.75 Å². The van der Waals surface area contributed by atoms with Crippen LogP contribution in [0.15, 0.2) is 87.2 Å². The van der Waals surface area contributed by atoms with Gasteiger partial charge in [0.25, 0.3) is 11.5 Å². The van der Waals surface area contributed by atoms with Crippen molar-refractivity contribution < 1.29 is 80.1 Å². The van der Waals surface area contributed by atoms with Crippen molar-refractivity contribution in [3.63, 3.8) is 0 Å². The topological polar surface area (TPSA) is 342 Å². The molecule has 1 saturated heterocycles. The van der Waals surface area contributed by atoms with Crippen LogP contribution >= 0.6 is 45.1 Å². The van der Waals surface area contributed by atoms with Gasteiger partial charge >= 0.3 is 35.1 Å². The SMILES string of the molecule is C=CCOC1C[C@H](n2cc(C#CCOCSSC(C)(C)CNC(=O)c3ccc(C4c5cc(C)c(NCC)cc5OC5=CC(=NCC)C(C)=CC54)c(C(=O)O)c3)c(=O)[nH]c2=O)O[C@@H]1COP(=O)(O)OP(=O)(O)OP(=O)(O)O. The van der Waals surface area contributed by atoms with Crippen molar-refractivity contribution in [3.05, 3.63) is 127 Å². The molecule has 3 aliphatic rings. The van der Waals surface area contributed by atoms with E-state index in [1.54, 1.807) is 12.1 Å². The van der Waals surface area contributed by atoms with Crippen LogP contribution in [0.25, 0.3) is 0 Å². The zero-order valence-corrected chi connectivity index (χ0v) is 46.3. The molecule has 412 valence electrons. The van der Waals surface area contributed by atoms with Gasteiger partial charge in [-0.05, 0) is 76.4 Å². The minimum Gasteiger partial charge on any atom is -0.478 e. The second kappa shape index (κ2) is 25.7. The molecule has 0 saturated carbocycles. The highest BCUT2D eigenvalue weighted by atomic mass is 33.1. The summed E-state index contributed by atoms with van der Waals surface area (Å²) in [6, 6.07) is 8.72. The Bertz CT molecular complexity index is 3140. The number of hydrogen-bond acceptors (Lipinski definition) is 18. The van der Waals surface area contributed by atoms with Gasteiger partial charge in [-0.3, -0.25) is 28.7 Å². The zero-order valence-electron chi connectivity index (χ0n) is 42.0. The molecule has 0 bridgehead atoms. The van der Waals surface area contributed by atoms with Crippen molar-refractivity contribution in [2.75, 3.05) is 50.7 Å². The number of anilines is 1. The molecule has 1 aliphatic carbocycles. The number of phosphoric ester groups is 1. The van der Waals surface area contributed by atoms with Crippen LogP contribution in [0.1, 0.15) is 96.2 Å². The third-order valence-corrected chi connectivity index (χ3v) is 18.3. The number of aromatic carboxylic acids is 1. The number of nitrogens with one attached hydrogen (secondary N) is 3. The van der Waals surface area contributed by atoms with E-state index in [0.717, 1.165) is 38.9 Å². The monoisotopic (exact) mass is 1150 g/mol. The number of ether oxygens (including phenoxy) is 4. The van der Waals surface area contributed by atoms with Crippen molar-refractivity contribution in [1.82, 2.24) is 14.9 Å². The van der Waals surface area contributed by atoms with Crippen LogP contribution in [-0.2, 0) is 41.1 Å². The predicted molar refractivity (Wildman–Crippen MR) is 283 cm³/mol. The molecule has 5 unspecified atom stereocenters. The van der Waals surface area contributed by atoms with Crippen molar-refractivity contribution in [2.45, 2.75) is 77.1 Å². The molecular weight excluding hydrogens is 1100 g/mol. The Balaban J connectivity index is 1.04. The molecule has 7 atom stereocenters. The number of aromatic nitrogens is 2. The number of carboxylic acid groups (broad SMARTS) is 1. The summed E-state index contributed by atoms with van der Waals surface area (Å²) in [5, 5.41) is 16.9. The van der Waals surface area contributed by atoms with E-state index in [4.69, 9.17) is 33.3 Å². The number of amides is 1. The maximum absolute atomic E-state index is 13.6. The van der Waals surface area contributed by atoms with E-state index in [1.165, 1.54) is 33.7 Å². The lowest BCUT2D eigenvalue weighted by Crippen LogP contribution is -2.36. The van der Waals surface area contributed by atoms with E-state index in [-0.39, 0.29) is 54.7 Å². The fourth-order valence-electron chi connectivity index (χ4n) is 8.25. The van der Waals surface area contributed by atoms with Gasteiger partial charge in [-0.15, -0.1) is 6.58 Å². The van der Waals surface area contributed by atoms with E-state index in [2.05, 4.69) is 53.7 Å². The average Bonchev–Trinajstić information content (AvgIpc) is 3.76. The molecule has 1 aromatic heterocycles. The van der Waals surface area contributed by atoms with Gasteiger partial charge in [0.1, 0.15) is 41.9 Å². The van der Waals surface area contributed by atoms with Gasteiger partial charge < -0.3 is 54.3 Å². The van der Waals surface area contributed by atoms with Crippen LogP contribution in [0.4, 0.5) is 5.69 Å². The Hall–Kier alpha value is -4.90. The number of phosphoric acid groups is 3. The minimum atomic E-state index is -5.79. The number of rotatable bonds is 24. The fraction of sp³-hybridized carbons (Fsp3) is 0.426. The zero-order chi connectivity index (χ0) is 55.8. The van der Waals surface area contributed by atoms with Gasteiger partial charge in [0.05, 0.1) is 30.6 Å². The van der Waals surface area contributed by atoms with E-state index < -0.39 is 82.3 Å². The number of carbonyl (C=O) groups excluding carboxylic acids is 1. The smallest absolute Gasteiger partial charge is 0.478 e. The number of aromatic amines is 1. The maximum Gasteiger partial charge on any atom is 0.490 e. The molecular formula is C47H58N5O19P3S2. The number of nitrogens with zero attached hydrogens (tertiary/aromatic N) is 2. The molecule has 0 spiro atoms. The fourth-order valence-corrected chi connectivity index (χ4v) is 13.4. The summed E-state index contributed by atoms with van der Waals surface area (Å²) >= 11 is 0. The Kier molecular flexibility index (Phi) is 20.4. The number of carboxylic acids is 1. The van der Waals surface area contributed by atoms with Gasteiger partial charge in [-0.25, -0.2) is 23.3 Å². The van der Waals surface area contributed by atoms with Crippen LogP contribution in [-0.4, -0.2) is 114 Å². The van der Waals surface area contributed by atoms with Crippen LogP contribution in [0.3, 0.4) is 0 Å². The number of aliphatic imine (C=N–C) groups is 1. The molecule has 1 amide bonds. The first-order valence-electron chi connectivity index (χ1n) is 23.3. The lowest BCUT2D eigenvalue weighted by Gasteiger charge is -2.37. The highest BCUT2D eigenvalue weighted by Gasteiger charge is 2.44. The summed E-state index contributed by atoms with van der Waals surface area (Å²) in [4.78, 5) is 95.9. The second-order valence-electron chi connectivity index (χ2n) is 17.7. The first kappa shape index (κ1) is 60.3. The number of hydrogen-bond donors (Lipinski definition) is 8. The van der Waals surface area contributed by atoms with Gasteiger partial charge in [0.15, 0.2) is 0 Å². The summed E-state index contributed by atoms with van der Waals surface area (Å²) in [5.41, 5.74) is 3.27. The Labute approximate surface area is 444 Å². The van der Waals surface area contributed by atoms with Crippen molar-refractivity contribution >= 4 is 68.3 Å². The molecule has 24 nitrogen and oxygen atoms in total. The highest BCUT2D eigenvalue weighted by Crippen LogP contribution is 2.66. The van der Waals surface area contributed by atoms with Crippen molar-refractivity contribution in [3.8, 4) is 17.6 Å². The molecule has 29 heteroatoms.